The lowest BCUT2D eigenvalue weighted by atomic mass is 10.0. The van der Waals surface area contributed by atoms with Gasteiger partial charge in [-0.25, -0.2) is 10.2 Å². The number of rotatable bonds is 8. The predicted octanol–water partition coefficient (Wildman–Crippen LogP) is 5.88. The zero-order valence-corrected chi connectivity index (χ0v) is 20.4. The first kappa shape index (κ1) is 24.8. The number of carbonyl (C=O) groups is 2. The molecule has 0 heterocycles. The third-order valence-corrected chi connectivity index (χ3v) is 5.55. The van der Waals surface area contributed by atoms with Gasteiger partial charge in [0, 0.05) is 5.56 Å². The highest BCUT2D eigenvalue weighted by atomic mass is 35.5. The van der Waals surface area contributed by atoms with Crippen LogP contribution in [0.3, 0.4) is 0 Å². The van der Waals surface area contributed by atoms with E-state index >= 15 is 0 Å². The van der Waals surface area contributed by atoms with Crippen LogP contribution in [0.2, 0.25) is 5.02 Å². The molecule has 0 unspecified atom stereocenters. The zero-order valence-electron chi connectivity index (χ0n) is 19.7. The molecule has 0 aliphatic carbocycles. The number of amides is 1. The quantitative estimate of drug-likeness (QED) is 0.141. The second-order valence-corrected chi connectivity index (χ2v) is 8.01. The van der Waals surface area contributed by atoms with Crippen molar-refractivity contribution in [2.45, 2.75) is 6.92 Å². The predicted molar refractivity (Wildman–Crippen MR) is 140 cm³/mol. The maximum absolute atomic E-state index is 12.7. The molecule has 0 aliphatic rings. The van der Waals surface area contributed by atoms with E-state index in [1.807, 2.05) is 36.4 Å². The van der Waals surface area contributed by atoms with E-state index in [1.165, 1.54) is 6.21 Å². The molecule has 0 spiro atoms. The van der Waals surface area contributed by atoms with Gasteiger partial charge in [0.05, 0.1) is 30.5 Å². The molecule has 1 N–H and O–H groups in total. The number of fused-ring (bicyclic) bond motifs is 1. The van der Waals surface area contributed by atoms with Crippen LogP contribution < -0.4 is 19.6 Å². The summed E-state index contributed by atoms with van der Waals surface area (Å²) in [7, 11) is 1.54. The van der Waals surface area contributed by atoms with Crippen LogP contribution in [-0.4, -0.2) is 31.8 Å². The molecule has 1 amide bonds. The lowest BCUT2D eigenvalue weighted by Crippen LogP contribution is -2.18. The Balaban J connectivity index is 1.51. The van der Waals surface area contributed by atoms with E-state index in [2.05, 4.69) is 10.5 Å². The third kappa shape index (κ3) is 5.64. The zero-order chi connectivity index (χ0) is 25.5. The topological polar surface area (TPSA) is 86.2 Å². The summed E-state index contributed by atoms with van der Waals surface area (Å²) in [5.41, 5.74) is 3.93. The van der Waals surface area contributed by atoms with Crippen molar-refractivity contribution in [2.75, 3.05) is 13.7 Å². The number of benzene rings is 4. The first-order valence-electron chi connectivity index (χ1n) is 11.1. The molecule has 0 fully saturated rings. The van der Waals surface area contributed by atoms with Gasteiger partial charge in [0.2, 0.25) is 0 Å². The lowest BCUT2D eigenvalue weighted by Gasteiger charge is -2.13. The lowest BCUT2D eigenvalue weighted by molar-refractivity contribution is 0.0728. The van der Waals surface area contributed by atoms with Crippen LogP contribution in [0.15, 0.2) is 84.0 Å². The second kappa shape index (κ2) is 11.4. The van der Waals surface area contributed by atoms with E-state index in [-0.39, 0.29) is 22.4 Å². The Bertz CT molecular complexity index is 1430. The molecule has 4 aromatic carbocycles. The van der Waals surface area contributed by atoms with Crippen molar-refractivity contribution in [1.29, 1.82) is 0 Å². The van der Waals surface area contributed by atoms with Crippen LogP contribution in [0.4, 0.5) is 0 Å². The van der Waals surface area contributed by atoms with Crippen LogP contribution in [0.25, 0.3) is 10.8 Å². The van der Waals surface area contributed by atoms with Gasteiger partial charge in [0.1, 0.15) is 5.75 Å². The molecule has 8 heteroatoms. The molecule has 182 valence electrons. The highest BCUT2D eigenvalue weighted by molar-refractivity contribution is 6.32. The van der Waals surface area contributed by atoms with Crippen molar-refractivity contribution in [3.8, 4) is 17.2 Å². The summed E-state index contributed by atoms with van der Waals surface area (Å²) >= 11 is 6.43. The minimum Gasteiger partial charge on any atom is -0.497 e. The smallest absolute Gasteiger partial charge is 0.343 e. The Kier molecular flexibility index (Phi) is 7.82. The van der Waals surface area contributed by atoms with Crippen LogP contribution in [0.1, 0.15) is 33.2 Å². The van der Waals surface area contributed by atoms with Gasteiger partial charge < -0.3 is 14.2 Å². The molecule has 36 heavy (non-hydrogen) atoms. The highest BCUT2D eigenvalue weighted by Gasteiger charge is 2.18. The summed E-state index contributed by atoms with van der Waals surface area (Å²) in [5, 5.41) is 6.01. The number of carbonyl (C=O) groups excluding carboxylic acids is 2. The second-order valence-electron chi connectivity index (χ2n) is 7.61. The van der Waals surface area contributed by atoms with E-state index in [9.17, 15) is 9.59 Å². The van der Waals surface area contributed by atoms with E-state index in [1.54, 1.807) is 56.5 Å². The Morgan fingerprint density at radius 1 is 1.00 bits per heavy atom. The van der Waals surface area contributed by atoms with Gasteiger partial charge in [0.25, 0.3) is 5.91 Å². The molecule has 0 aromatic heterocycles. The summed E-state index contributed by atoms with van der Waals surface area (Å²) < 4.78 is 16.3. The summed E-state index contributed by atoms with van der Waals surface area (Å²) in [5.74, 6) is 0.0502. The highest BCUT2D eigenvalue weighted by Crippen LogP contribution is 2.37. The molecule has 0 saturated carbocycles. The Hall–Kier alpha value is -4.36. The van der Waals surface area contributed by atoms with E-state index in [0.29, 0.717) is 29.0 Å². The van der Waals surface area contributed by atoms with Crippen molar-refractivity contribution in [1.82, 2.24) is 5.43 Å². The molecule has 0 radical (unpaired) electrons. The Labute approximate surface area is 213 Å². The van der Waals surface area contributed by atoms with E-state index in [4.69, 9.17) is 25.8 Å². The van der Waals surface area contributed by atoms with E-state index in [0.717, 1.165) is 10.8 Å². The van der Waals surface area contributed by atoms with Crippen molar-refractivity contribution in [3.05, 3.63) is 101 Å². The van der Waals surface area contributed by atoms with Gasteiger partial charge >= 0.3 is 5.97 Å². The SMILES string of the molecule is CCOc1cc(/C=N\NC(=O)c2cccc3ccccc23)cc(Cl)c1OC(=O)c1ccc(OC)cc1. The first-order valence-corrected chi connectivity index (χ1v) is 11.5. The van der Waals surface area contributed by atoms with Gasteiger partial charge in [-0.05, 0) is 65.7 Å². The van der Waals surface area contributed by atoms with E-state index < -0.39 is 5.97 Å². The largest absolute Gasteiger partial charge is 0.497 e. The van der Waals surface area contributed by atoms with Gasteiger partial charge in [-0.3, -0.25) is 4.79 Å². The molecule has 4 aromatic rings. The van der Waals surface area contributed by atoms with Crippen molar-refractivity contribution >= 4 is 40.5 Å². The van der Waals surface area contributed by atoms with Crippen LogP contribution >= 0.6 is 11.6 Å². The molecule has 0 atom stereocenters. The van der Waals surface area contributed by atoms with Crippen LogP contribution in [0, 0.1) is 0 Å². The monoisotopic (exact) mass is 502 g/mol. The number of halogens is 1. The van der Waals surface area contributed by atoms with Gasteiger partial charge in [-0.2, -0.15) is 5.10 Å². The standard InChI is InChI=1S/C28H23ClN2O5/c1-3-35-25-16-18(15-24(29)26(25)36-28(33)20-11-13-21(34-2)14-12-20)17-30-31-27(32)23-10-6-8-19-7-4-5-9-22(19)23/h4-17H,3H2,1-2H3,(H,31,32)/b30-17-. The molecule has 0 bridgehead atoms. The number of hydrogen-bond acceptors (Lipinski definition) is 6. The fourth-order valence-electron chi connectivity index (χ4n) is 3.55. The minimum atomic E-state index is -0.593. The number of hydrazone groups is 1. The molecular formula is C28H23ClN2O5. The van der Waals surface area contributed by atoms with Crippen molar-refractivity contribution < 1.29 is 23.8 Å². The number of nitrogens with zero attached hydrogens (tertiary/aromatic N) is 1. The summed E-state index contributed by atoms with van der Waals surface area (Å²) in [6.45, 7) is 2.12. The Morgan fingerprint density at radius 2 is 1.75 bits per heavy atom. The van der Waals surface area contributed by atoms with Gasteiger partial charge in [-0.15, -0.1) is 0 Å². The number of ether oxygens (including phenoxy) is 3. The third-order valence-electron chi connectivity index (χ3n) is 5.27. The number of nitrogens with one attached hydrogen (secondary N) is 1. The number of methoxy groups -OCH3 is 1. The van der Waals surface area contributed by atoms with Crippen molar-refractivity contribution in [2.24, 2.45) is 5.10 Å². The Morgan fingerprint density at radius 3 is 2.50 bits per heavy atom. The molecule has 7 nitrogen and oxygen atoms in total. The summed E-state index contributed by atoms with van der Waals surface area (Å²) in [4.78, 5) is 25.3. The van der Waals surface area contributed by atoms with Crippen LogP contribution in [0.5, 0.6) is 17.2 Å². The average molecular weight is 503 g/mol. The summed E-state index contributed by atoms with van der Waals surface area (Å²) in [6.07, 6.45) is 1.44. The van der Waals surface area contributed by atoms with Gasteiger partial charge in [-0.1, -0.05) is 48.0 Å². The molecule has 4 rings (SSSR count). The summed E-state index contributed by atoms with van der Waals surface area (Å²) in [6, 6.07) is 22.8. The van der Waals surface area contributed by atoms with Crippen LogP contribution in [-0.2, 0) is 0 Å². The van der Waals surface area contributed by atoms with Gasteiger partial charge in [0.15, 0.2) is 11.5 Å². The maximum Gasteiger partial charge on any atom is 0.343 e. The minimum absolute atomic E-state index is 0.0938. The molecular weight excluding hydrogens is 480 g/mol. The van der Waals surface area contributed by atoms with Crippen molar-refractivity contribution in [3.63, 3.8) is 0 Å². The average Bonchev–Trinajstić information content (AvgIpc) is 2.90. The first-order chi connectivity index (χ1) is 17.5. The fraction of sp³-hybridized carbons (Fsp3) is 0.107. The maximum atomic E-state index is 12.7. The fourth-order valence-corrected chi connectivity index (χ4v) is 3.81. The molecule has 0 aliphatic heterocycles. The number of esters is 1. The number of hydrogen-bond donors (Lipinski definition) is 1. The molecule has 0 saturated heterocycles. The normalized spacial score (nSPS) is 10.9.